The van der Waals surface area contributed by atoms with Crippen molar-refractivity contribution in [1.29, 1.82) is 5.26 Å². The lowest BCUT2D eigenvalue weighted by Crippen LogP contribution is -2.19. The van der Waals surface area contributed by atoms with Crippen LogP contribution in [0.15, 0.2) is 16.6 Å². The molecule has 0 radical (unpaired) electrons. The smallest absolute Gasteiger partial charge is 0.170 e. The first-order chi connectivity index (χ1) is 9.20. The van der Waals surface area contributed by atoms with Gasteiger partial charge >= 0.3 is 0 Å². The van der Waals surface area contributed by atoms with Gasteiger partial charge in [-0.15, -0.1) is 0 Å². The summed E-state index contributed by atoms with van der Waals surface area (Å²) in [4.78, 5) is 0. The fraction of sp³-hybridized carbons (Fsp3) is 0.385. The first kappa shape index (κ1) is 12.6. The van der Waals surface area contributed by atoms with Crippen LogP contribution in [-0.4, -0.2) is 16.4 Å². The number of nitrogens with zero attached hydrogens (tertiary/aromatic N) is 3. The average Bonchev–Trinajstić information content (AvgIpc) is 2.78. The van der Waals surface area contributed by atoms with E-state index in [4.69, 9.17) is 10.00 Å². The first-order valence-electron chi connectivity index (χ1n) is 6.09. The molecule has 2 aromatic rings. The average molecular weight is 324 g/mol. The van der Waals surface area contributed by atoms with Gasteiger partial charge in [-0.3, -0.25) is 0 Å². The van der Waals surface area contributed by atoms with Crippen LogP contribution in [-0.2, 0) is 4.74 Å². The molecule has 0 spiro atoms. The number of hydrogen-bond acceptors (Lipinski definition) is 3. The molecule has 1 unspecified atom stereocenters. The van der Waals surface area contributed by atoms with Crippen molar-refractivity contribution in [2.75, 3.05) is 6.61 Å². The minimum atomic E-state index is -0.395. The van der Waals surface area contributed by atoms with Crippen LogP contribution >= 0.6 is 15.9 Å². The molecule has 6 heteroatoms. The van der Waals surface area contributed by atoms with Gasteiger partial charge in [0.1, 0.15) is 11.9 Å². The maximum absolute atomic E-state index is 13.6. The molecule has 19 heavy (non-hydrogen) atoms. The van der Waals surface area contributed by atoms with Gasteiger partial charge in [-0.2, -0.15) is 10.4 Å². The predicted molar refractivity (Wildman–Crippen MR) is 70.9 cm³/mol. The minimum Gasteiger partial charge on any atom is -0.356 e. The summed E-state index contributed by atoms with van der Waals surface area (Å²) >= 11 is 3.17. The van der Waals surface area contributed by atoms with E-state index in [9.17, 15) is 4.39 Å². The molecule has 0 saturated carbocycles. The lowest BCUT2D eigenvalue weighted by atomic mass is 10.1. The number of ether oxygens (including phenoxy) is 1. The van der Waals surface area contributed by atoms with Gasteiger partial charge in [0.25, 0.3) is 0 Å². The monoisotopic (exact) mass is 323 g/mol. The van der Waals surface area contributed by atoms with Crippen LogP contribution in [0.2, 0.25) is 0 Å². The molecule has 1 aliphatic rings. The Hall–Kier alpha value is -1.45. The van der Waals surface area contributed by atoms with Gasteiger partial charge < -0.3 is 4.74 Å². The van der Waals surface area contributed by atoms with Crippen molar-refractivity contribution in [2.45, 2.75) is 25.5 Å². The SMILES string of the molecule is N#Cc1nn(C2CCCCO2)c2cc(Br)c(F)cc12. The fourth-order valence-electron chi connectivity index (χ4n) is 2.35. The van der Waals surface area contributed by atoms with Crippen molar-refractivity contribution in [3.63, 3.8) is 0 Å². The molecule has 1 aromatic carbocycles. The number of aromatic nitrogens is 2. The van der Waals surface area contributed by atoms with Crippen LogP contribution in [0.4, 0.5) is 4.39 Å². The molecule has 1 aromatic heterocycles. The van der Waals surface area contributed by atoms with Crippen LogP contribution in [0.25, 0.3) is 10.9 Å². The first-order valence-corrected chi connectivity index (χ1v) is 6.89. The second-order valence-electron chi connectivity index (χ2n) is 4.51. The molecule has 4 nitrogen and oxygen atoms in total. The molecule has 0 aliphatic carbocycles. The summed E-state index contributed by atoms with van der Waals surface area (Å²) in [5.74, 6) is -0.395. The Morgan fingerprint density at radius 2 is 2.32 bits per heavy atom. The summed E-state index contributed by atoms with van der Waals surface area (Å²) in [5.41, 5.74) is 0.951. The van der Waals surface area contributed by atoms with E-state index < -0.39 is 5.82 Å². The summed E-state index contributed by atoms with van der Waals surface area (Å²) in [6, 6.07) is 4.99. The number of hydrogen-bond donors (Lipinski definition) is 0. The zero-order chi connectivity index (χ0) is 13.4. The predicted octanol–water partition coefficient (Wildman–Crippen LogP) is 3.51. The summed E-state index contributed by atoms with van der Waals surface area (Å²) in [7, 11) is 0. The highest BCUT2D eigenvalue weighted by Crippen LogP contribution is 2.30. The number of nitriles is 1. The maximum Gasteiger partial charge on any atom is 0.170 e. The zero-order valence-electron chi connectivity index (χ0n) is 10.1. The highest BCUT2D eigenvalue weighted by Gasteiger charge is 2.22. The van der Waals surface area contributed by atoms with E-state index in [1.54, 1.807) is 10.7 Å². The Kier molecular flexibility index (Phi) is 3.25. The van der Waals surface area contributed by atoms with E-state index in [2.05, 4.69) is 21.0 Å². The van der Waals surface area contributed by atoms with Crippen molar-refractivity contribution in [3.05, 3.63) is 28.1 Å². The molecular weight excluding hydrogens is 313 g/mol. The van der Waals surface area contributed by atoms with Crippen LogP contribution < -0.4 is 0 Å². The number of rotatable bonds is 1. The maximum atomic E-state index is 13.6. The lowest BCUT2D eigenvalue weighted by Gasteiger charge is -2.23. The Morgan fingerprint density at radius 1 is 1.47 bits per heavy atom. The van der Waals surface area contributed by atoms with Gasteiger partial charge in [0, 0.05) is 12.0 Å². The van der Waals surface area contributed by atoms with E-state index in [0.717, 1.165) is 24.8 Å². The summed E-state index contributed by atoms with van der Waals surface area (Å²) < 4.78 is 21.3. The molecule has 3 rings (SSSR count). The zero-order valence-corrected chi connectivity index (χ0v) is 11.7. The molecule has 1 aliphatic heterocycles. The highest BCUT2D eigenvalue weighted by molar-refractivity contribution is 9.10. The normalized spacial score (nSPS) is 19.5. The van der Waals surface area contributed by atoms with Crippen molar-refractivity contribution in [3.8, 4) is 6.07 Å². The van der Waals surface area contributed by atoms with Crippen LogP contribution in [0, 0.1) is 17.1 Å². The number of fused-ring (bicyclic) bond motifs is 1. The fourth-order valence-corrected chi connectivity index (χ4v) is 2.68. The third-order valence-electron chi connectivity index (χ3n) is 3.28. The largest absolute Gasteiger partial charge is 0.356 e. The van der Waals surface area contributed by atoms with E-state index >= 15 is 0 Å². The molecule has 1 fully saturated rings. The van der Waals surface area contributed by atoms with Crippen molar-refractivity contribution in [2.24, 2.45) is 0 Å². The second-order valence-corrected chi connectivity index (χ2v) is 5.36. The highest BCUT2D eigenvalue weighted by atomic mass is 79.9. The Labute approximate surface area is 117 Å². The van der Waals surface area contributed by atoms with Crippen LogP contribution in [0.3, 0.4) is 0 Å². The summed E-state index contributed by atoms with van der Waals surface area (Å²) in [6.07, 6.45) is 2.79. The standard InChI is InChI=1S/C13H11BrFN3O/c14-9-6-12-8(5-10(9)15)11(7-16)17-18(12)13-3-1-2-4-19-13/h5-6,13H,1-4H2. The van der Waals surface area contributed by atoms with Gasteiger partial charge in [0.2, 0.25) is 0 Å². The lowest BCUT2D eigenvalue weighted by molar-refractivity contribution is -0.0367. The minimum absolute atomic E-state index is 0.171. The van der Waals surface area contributed by atoms with Gasteiger partial charge in [-0.1, -0.05) is 0 Å². The molecule has 98 valence electrons. The molecule has 0 bridgehead atoms. The van der Waals surface area contributed by atoms with Gasteiger partial charge in [0.05, 0.1) is 9.99 Å². The molecule has 1 atom stereocenters. The quantitative estimate of drug-likeness (QED) is 0.807. The summed E-state index contributed by atoms with van der Waals surface area (Å²) in [5, 5.41) is 13.9. The number of halogens is 2. The van der Waals surface area contributed by atoms with Gasteiger partial charge in [0.15, 0.2) is 11.9 Å². The van der Waals surface area contributed by atoms with Crippen molar-refractivity contribution >= 4 is 26.8 Å². The van der Waals surface area contributed by atoms with E-state index in [-0.39, 0.29) is 11.9 Å². The summed E-state index contributed by atoms with van der Waals surface area (Å²) in [6.45, 7) is 0.691. The molecular formula is C13H11BrFN3O. The van der Waals surface area contributed by atoms with Gasteiger partial charge in [-0.05, 0) is 47.3 Å². The van der Waals surface area contributed by atoms with Crippen molar-refractivity contribution in [1.82, 2.24) is 9.78 Å². The third kappa shape index (κ3) is 2.13. The van der Waals surface area contributed by atoms with Crippen LogP contribution in [0.5, 0.6) is 0 Å². The Morgan fingerprint density at radius 3 is 3.00 bits per heavy atom. The van der Waals surface area contributed by atoms with Crippen LogP contribution in [0.1, 0.15) is 31.2 Å². The van der Waals surface area contributed by atoms with Gasteiger partial charge in [-0.25, -0.2) is 9.07 Å². The molecule has 0 N–H and O–H groups in total. The van der Waals surface area contributed by atoms with E-state index in [1.165, 1.54) is 6.07 Å². The Bertz CT molecular complexity index is 671. The number of benzene rings is 1. The third-order valence-corrected chi connectivity index (χ3v) is 3.89. The Balaban J connectivity index is 2.19. The van der Waals surface area contributed by atoms with E-state index in [0.29, 0.717) is 16.5 Å². The molecule has 0 amide bonds. The molecule has 1 saturated heterocycles. The second kappa shape index (κ2) is 4.91. The topological polar surface area (TPSA) is 50.8 Å². The molecule has 2 heterocycles. The van der Waals surface area contributed by atoms with Crippen molar-refractivity contribution < 1.29 is 9.13 Å². The van der Waals surface area contributed by atoms with E-state index in [1.807, 2.05) is 6.07 Å².